The average Bonchev–Trinajstić information content (AvgIpc) is 3.64. The first-order valence-electron chi connectivity index (χ1n) is 13.4. The Hall–Kier alpha value is -2.61. The number of likely N-dealkylation sites (tertiary alicyclic amines) is 1. The van der Waals surface area contributed by atoms with E-state index >= 15 is 0 Å². The van der Waals surface area contributed by atoms with E-state index in [2.05, 4.69) is 26.1 Å². The Balaban J connectivity index is 1.59. The maximum absolute atomic E-state index is 13.7. The summed E-state index contributed by atoms with van der Waals surface area (Å²) in [6.45, 7) is 10.1. The minimum atomic E-state index is -0.503. The molecule has 3 fully saturated rings. The zero-order chi connectivity index (χ0) is 25.9. The molecule has 0 aromatic heterocycles. The number of ether oxygens (including phenoxy) is 1. The molecule has 1 aliphatic carbocycles. The number of nitrogens with zero attached hydrogens (tertiary/aromatic N) is 3. The third-order valence-electron chi connectivity index (χ3n) is 7.36. The van der Waals surface area contributed by atoms with Crippen LogP contribution in [-0.4, -0.2) is 84.3 Å². The lowest BCUT2D eigenvalue weighted by Gasteiger charge is -2.32. The molecular formula is C28H42N4O4. The van der Waals surface area contributed by atoms with Crippen molar-refractivity contribution in [2.45, 2.75) is 71.5 Å². The van der Waals surface area contributed by atoms with Crippen LogP contribution in [-0.2, 0) is 20.9 Å². The molecule has 1 aromatic carbocycles. The van der Waals surface area contributed by atoms with E-state index in [0.717, 1.165) is 43.7 Å². The van der Waals surface area contributed by atoms with Crippen LogP contribution in [0.1, 0.15) is 58.4 Å². The molecule has 0 radical (unpaired) electrons. The van der Waals surface area contributed by atoms with Crippen molar-refractivity contribution in [2.75, 3.05) is 39.8 Å². The van der Waals surface area contributed by atoms with E-state index in [4.69, 9.17) is 4.74 Å². The smallest absolute Gasteiger partial charge is 0.245 e. The van der Waals surface area contributed by atoms with Crippen molar-refractivity contribution in [1.29, 1.82) is 0 Å². The number of amides is 3. The van der Waals surface area contributed by atoms with Crippen LogP contribution in [0.25, 0.3) is 0 Å². The largest absolute Gasteiger partial charge is 0.497 e. The van der Waals surface area contributed by atoms with Crippen LogP contribution in [0, 0.1) is 11.3 Å². The highest BCUT2D eigenvalue weighted by Crippen LogP contribution is 2.36. The van der Waals surface area contributed by atoms with E-state index in [1.165, 1.54) is 0 Å². The van der Waals surface area contributed by atoms with Gasteiger partial charge in [-0.05, 0) is 55.3 Å². The number of benzene rings is 1. The molecule has 3 amide bonds. The first-order chi connectivity index (χ1) is 17.2. The Morgan fingerprint density at radius 1 is 1.11 bits per heavy atom. The molecule has 1 N–H and O–H groups in total. The molecular weight excluding hydrogens is 456 g/mol. The molecule has 2 atom stereocenters. The zero-order valence-corrected chi connectivity index (χ0v) is 22.3. The van der Waals surface area contributed by atoms with Crippen molar-refractivity contribution in [3.05, 3.63) is 29.8 Å². The quantitative estimate of drug-likeness (QED) is 0.625. The number of carbonyl (C=O) groups is 3. The van der Waals surface area contributed by atoms with Gasteiger partial charge in [0.25, 0.3) is 0 Å². The van der Waals surface area contributed by atoms with E-state index in [-0.39, 0.29) is 35.1 Å². The van der Waals surface area contributed by atoms with Gasteiger partial charge in [-0.25, -0.2) is 0 Å². The lowest BCUT2D eigenvalue weighted by molar-refractivity contribution is -0.144. The lowest BCUT2D eigenvalue weighted by atomic mass is 9.91. The average molecular weight is 499 g/mol. The summed E-state index contributed by atoms with van der Waals surface area (Å²) < 4.78 is 5.40. The van der Waals surface area contributed by atoms with Crippen LogP contribution in [0.4, 0.5) is 0 Å². The molecule has 3 aliphatic rings. The summed E-state index contributed by atoms with van der Waals surface area (Å²) in [4.78, 5) is 46.3. The Bertz CT molecular complexity index is 947. The van der Waals surface area contributed by atoms with Crippen molar-refractivity contribution in [3.8, 4) is 5.75 Å². The fourth-order valence-electron chi connectivity index (χ4n) is 5.30. The predicted octanol–water partition coefficient (Wildman–Crippen LogP) is 2.66. The minimum absolute atomic E-state index is 0.0276. The molecule has 1 aromatic rings. The Morgan fingerprint density at radius 2 is 1.89 bits per heavy atom. The fraction of sp³-hybridized carbons (Fsp3) is 0.679. The van der Waals surface area contributed by atoms with Gasteiger partial charge in [0, 0.05) is 45.1 Å². The van der Waals surface area contributed by atoms with E-state index < -0.39 is 6.04 Å². The molecule has 1 saturated carbocycles. The molecule has 36 heavy (non-hydrogen) atoms. The molecule has 8 nitrogen and oxygen atoms in total. The van der Waals surface area contributed by atoms with Crippen molar-refractivity contribution in [2.24, 2.45) is 11.3 Å². The summed E-state index contributed by atoms with van der Waals surface area (Å²) in [6.07, 6.45) is 3.59. The molecule has 2 heterocycles. The van der Waals surface area contributed by atoms with Gasteiger partial charge in [0.05, 0.1) is 13.2 Å². The highest BCUT2D eigenvalue weighted by molar-refractivity contribution is 5.90. The van der Waals surface area contributed by atoms with Gasteiger partial charge in [0.2, 0.25) is 17.7 Å². The lowest BCUT2D eigenvalue weighted by Crippen LogP contribution is -2.49. The topological polar surface area (TPSA) is 82.2 Å². The number of carbonyl (C=O) groups excluding carboxylic acids is 3. The molecule has 4 rings (SSSR count). The fourth-order valence-corrected chi connectivity index (χ4v) is 5.30. The Labute approximate surface area is 215 Å². The van der Waals surface area contributed by atoms with Gasteiger partial charge in [-0.3, -0.25) is 14.4 Å². The van der Waals surface area contributed by atoms with Crippen LogP contribution >= 0.6 is 0 Å². The van der Waals surface area contributed by atoms with Gasteiger partial charge >= 0.3 is 0 Å². The second kappa shape index (κ2) is 11.2. The summed E-state index contributed by atoms with van der Waals surface area (Å²) in [5.41, 5.74) is 0.810. The number of hydrogen-bond donors (Lipinski definition) is 1. The normalized spacial score (nSPS) is 22.8. The standard InChI is InChI=1S/C28H42N4O4/c1-28(2,3)17-25(33)31(18-20-7-5-8-23(15-20)36-4)22-16-24(32(19-22)26(34)21-9-10-21)27(35)30-13-6-11-29-12-14-30/h5,7-8,15,21-22,24,29H,6,9-14,16-19H2,1-4H3. The first kappa shape index (κ1) is 26.5. The molecule has 2 saturated heterocycles. The molecule has 2 unspecified atom stereocenters. The van der Waals surface area contributed by atoms with Crippen LogP contribution in [0.3, 0.4) is 0 Å². The maximum Gasteiger partial charge on any atom is 0.245 e. The molecule has 198 valence electrons. The van der Waals surface area contributed by atoms with Gasteiger partial charge < -0.3 is 24.8 Å². The highest BCUT2D eigenvalue weighted by Gasteiger charge is 2.47. The monoisotopic (exact) mass is 498 g/mol. The molecule has 0 bridgehead atoms. The summed E-state index contributed by atoms with van der Waals surface area (Å²) in [6, 6.07) is 7.06. The zero-order valence-electron chi connectivity index (χ0n) is 22.3. The van der Waals surface area contributed by atoms with E-state index in [9.17, 15) is 14.4 Å². The number of rotatable bonds is 7. The molecule has 8 heteroatoms. The molecule has 2 aliphatic heterocycles. The second-order valence-electron chi connectivity index (χ2n) is 11.7. The van der Waals surface area contributed by atoms with E-state index in [1.54, 1.807) is 12.0 Å². The summed E-state index contributed by atoms with van der Waals surface area (Å²) in [5.74, 6) is 0.937. The van der Waals surface area contributed by atoms with Crippen molar-refractivity contribution in [3.63, 3.8) is 0 Å². The summed E-state index contributed by atoms with van der Waals surface area (Å²) in [7, 11) is 1.63. The van der Waals surface area contributed by atoms with E-state index in [0.29, 0.717) is 39.0 Å². The summed E-state index contributed by atoms with van der Waals surface area (Å²) in [5, 5.41) is 3.35. The third kappa shape index (κ3) is 6.58. The van der Waals surface area contributed by atoms with Gasteiger partial charge in [-0.15, -0.1) is 0 Å². The summed E-state index contributed by atoms with van der Waals surface area (Å²) >= 11 is 0. The first-order valence-corrected chi connectivity index (χ1v) is 13.4. The van der Waals surface area contributed by atoms with Gasteiger partial charge in [0.1, 0.15) is 11.8 Å². The highest BCUT2D eigenvalue weighted by atomic mass is 16.5. The predicted molar refractivity (Wildman–Crippen MR) is 138 cm³/mol. The van der Waals surface area contributed by atoms with Crippen LogP contribution in [0.2, 0.25) is 0 Å². The minimum Gasteiger partial charge on any atom is -0.497 e. The third-order valence-corrected chi connectivity index (χ3v) is 7.36. The van der Waals surface area contributed by atoms with Crippen LogP contribution in [0.5, 0.6) is 5.75 Å². The van der Waals surface area contributed by atoms with Gasteiger partial charge in [0.15, 0.2) is 0 Å². The Morgan fingerprint density at radius 3 is 2.58 bits per heavy atom. The van der Waals surface area contributed by atoms with Crippen molar-refractivity contribution < 1.29 is 19.1 Å². The van der Waals surface area contributed by atoms with Crippen LogP contribution in [0.15, 0.2) is 24.3 Å². The number of nitrogens with one attached hydrogen (secondary N) is 1. The number of hydrogen-bond acceptors (Lipinski definition) is 5. The van der Waals surface area contributed by atoms with Crippen molar-refractivity contribution in [1.82, 2.24) is 20.0 Å². The SMILES string of the molecule is COc1cccc(CN(C(=O)CC(C)(C)C)C2CC(C(=O)N3CCCNCC3)N(C(=O)C3CC3)C2)c1. The van der Waals surface area contributed by atoms with Gasteiger partial charge in [-0.1, -0.05) is 32.9 Å². The van der Waals surface area contributed by atoms with Gasteiger partial charge in [-0.2, -0.15) is 0 Å². The second-order valence-corrected chi connectivity index (χ2v) is 11.7. The molecule has 0 spiro atoms. The van der Waals surface area contributed by atoms with Crippen LogP contribution < -0.4 is 10.1 Å². The van der Waals surface area contributed by atoms with Crippen molar-refractivity contribution >= 4 is 17.7 Å². The van der Waals surface area contributed by atoms with E-state index in [1.807, 2.05) is 34.1 Å². The maximum atomic E-state index is 13.7. The Kier molecular flexibility index (Phi) is 8.23. The number of methoxy groups -OCH3 is 1.